The molecule has 0 radical (unpaired) electrons. The van der Waals surface area contributed by atoms with E-state index in [9.17, 15) is 26.0 Å². The van der Waals surface area contributed by atoms with Crippen LogP contribution in [0.15, 0.2) is 41.3 Å². The number of nitrogens with one attached hydrogen (secondary N) is 1. The highest BCUT2D eigenvalue weighted by atomic mass is 35.5. The first-order chi connectivity index (χ1) is 12.0. The van der Waals surface area contributed by atoms with Crippen molar-refractivity contribution in [1.82, 2.24) is 0 Å². The minimum absolute atomic E-state index is 0.205. The molecule has 0 spiro atoms. The van der Waals surface area contributed by atoms with Crippen molar-refractivity contribution < 1.29 is 35.8 Å². The molecule has 0 amide bonds. The predicted octanol–water partition coefficient (Wildman–Crippen LogP) is 3.67. The molecule has 0 aliphatic rings. The van der Waals surface area contributed by atoms with E-state index in [1.54, 1.807) is 0 Å². The summed E-state index contributed by atoms with van der Waals surface area (Å²) in [6, 6.07) is 4.95. The predicted molar refractivity (Wildman–Crippen MR) is 86.2 cm³/mol. The Morgan fingerprint density at radius 1 is 1.15 bits per heavy atom. The van der Waals surface area contributed by atoms with Crippen molar-refractivity contribution in [2.75, 3.05) is 17.9 Å². The SMILES string of the molecule is O=S(=O)(Nc1ccc(F)cc1OCCO)c1ccc(Cl)c(C(F)(F)F)c1. The summed E-state index contributed by atoms with van der Waals surface area (Å²) < 4.78 is 83.8. The van der Waals surface area contributed by atoms with Crippen LogP contribution >= 0.6 is 11.6 Å². The molecule has 0 unspecified atom stereocenters. The highest BCUT2D eigenvalue weighted by Gasteiger charge is 2.34. The molecule has 2 aromatic rings. The first-order valence-corrected chi connectivity index (χ1v) is 8.83. The standard InChI is InChI=1S/C15H12ClF4NO4S/c16-12-3-2-10(8-11(12)15(18,19)20)26(23,24)21-13-4-1-9(17)7-14(13)25-6-5-22/h1-4,7-8,21-22H,5-6H2. The number of hydrogen-bond donors (Lipinski definition) is 2. The molecule has 142 valence electrons. The Morgan fingerprint density at radius 2 is 1.85 bits per heavy atom. The lowest BCUT2D eigenvalue weighted by Crippen LogP contribution is -2.16. The fourth-order valence-corrected chi connectivity index (χ4v) is 3.27. The second-order valence-corrected chi connectivity index (χ2v) is 7.05. The fourth-order valence-electron chi connectivity index (χ4n) is 1.95. The Bertz CT molecular complexity index is 903. The van der Waals surface area contributed by atoms with Crippen LogP contribution in [0.1, 0.15) is 5.56 Å². The largest absolute Gasteiger partial charge is 0.489 e. The number of sulfonamides is 1. The van der Waals surface area contributed by atoms with Crippen molar-refractivity contribution in [2.45, 2.75) is 11.1 Å². The van der Waals surface area contributed by atoms with Crippen LogP contribution in [-0.2, 0) is 16.2 Å². The van der Waals surface area contributed by atoms with Crippen LogP contribution in [0.25, 0.3) is 0 Å². The summed E-state index contributed by atoms with van der Waals surface area (Å²) in [5.74, 6) is -0.959. The van der Waals surface area contributed by atoms with Crippen molar-refractivity contribution in [2.24, 2.45) is 0 Å². The van der Waals surface area contributed by atoms with E-state index in [-0.39, 0.29) is 18.0 Å². The molecule has 5 nitrogen and oxygen atoms in total. The molecule has 0 saturated carbocycles. The second-order valence-electron chi connectivity index (χ2n) is 4.96. The molecular formula is C15H12ClF4NO4S. The highest BCUT2D eigenvalue weighted by Crippen LogP contribution is 2.36. The van der Waals surface area contributed by atoms with Gasteiger partial charge in [0.15, 0.2) is 0 Å². The summed E-state index contributed by atoms with van der Waals surface area (Å²) in [6.45, 7) is -0.647. The number of halogens is 5. The number of benzene rings is 2. The van der Waals surface area contributed by atoms with Gasteiger partial charge >= 0.3 is 6.18 Å². The van der Waals surface area contributed by atoms with Crippen LogP contribution in [0, 0.1) is 5.82 Å². The second kappa shape index (κ2) is 7.68. The third kappa shape index (κ3) is 4.77. The molecule has 0 atom stereocenters. The van der Waals surface area contributed by atoms with Gasteiger partial charge in [-0.05, 0) is 30.3 Å². The Kier molecular flexibility index (Phi) is 5.99. The zero-order chi connectivity index (χ0) is 19.5. The molecule has 0 aliphatic heterocycles. The van der Waals surface area contributed by atoms with Crippen LogP contribution in [-0.4, -0.2) is 26.7 Å². The topological polar surface area (TPSA) is 75.6 Å². The Labute approximate surface area is 151 Å². The monoisotopic (exact) mass is 413 g/mol. The lowest BCUT2D eigenvalue weighted by atomic mass is 10.2. The van der Waals surface area contributed by atoms with Gasteiger partial charge in [0.25, 0.3) is 10.0 Å². The molecule has 2 N–H and O–H groups in total. The number of ether oxygens (including phenoxy) is 1. The summed E-state index contributed by atoms with van der Waals surface area (Å²) in [4.78, 5) is -0.688. The van der Waals surface area contributed by atoms with Crippen LogP contribution < -0.4 is 9.46 Å². The lowest BCUT2D eigenvalue weighted by molar-refractivity contribution is -0.137. The van der Waals surface area contributed by atoms with Gasteiger partial charge in [-0.1, -0.05) is 11.6 Å². The van der Waals surface area contributed by atoms with Crippen LogP contribution in [0.5, 0.6) is 5.75 Å². The van der Waals surface area contributed by atoms with Gasteiger partial charge in [-0.15, -0.1) is 0 Å². The average Bonchev–Trinajstić information content (AvgIpc) is 2.54. The van der Waals surface area contributed by atoms with E-state index in [2.05, 4.69) is 0 Å². The summed E-state index contributed by atoms with van der Waals surface area (Å²) in [5, 5.41) is 8.11. The highest BCUT2D eigenvalue weighted by molar-refractivity contribution is 7.92. The third-order valence-electron chi connectivity index (χ3n) is 3.09. The molecule has 11 heteroatoms. The summed E-state index contributed by atoms with van der Waals surface area (Å²) in [6.07, 6.45) is -4.84. The number of aliphatic hydroxyl groups is 1. The van der Waals surface area contributed by atoms with Gasteiger partial charge in [0.05, 0.1) is 27.8 Å². The molecule has 26 heavy (non-hydrogen) atoms. The van der Waals surface area contributed by atoms with E-state index >= 15 is 0 Å². The van der Waals surface area contributed by atoms with Gasteiger partial charge in [0.1, 0.15) is 18.2 Å². The molecule has 2 rings (SSSR count). The lowest BCUT2D eigenvalue weighted by Gasteiger charge is -2.15. The minimum Gasteiger partial charge on any atom is -0.489 e. The molecule has 0 aromatic heterocycles. The first kappa shape index (κ1) is 20.3. The van der Waals surface area contributed by atoms with E-state index in [0.29, 0.717) is 6.07 Å². The minimum atomic E-state index is -4.84. The molecule has 0 fully saturated rings. The summed E-state index contributed by atoms with van der Waals surface area (Å²) >= 11 is 5.47. The van der Waals surface area contributed by atoms with E-state index < -0.39 is 44.1 Å². The Hall–Kier alpha value is -2.04. The van der Waals surface area contributed by atoms with Gasteiger partial charge in [-0.3, -0.25) is 4.72 Å². The maximum atomic E-state index is 13.3. The number of alkyl halides is 3. The third-order valence-corrected chi connectivity index (χ3v) is 4.78. The number of hydrogen-bond acceptors (Lipinski definition) is 4. The van der Waals surface area contributed by atoms with E-state index in [1.165, 1.54) is 0 Å². The Balaban J connectivity index is 2.41. The Morgan fingerprint density at radius 3 is 2.46 bits per heavy atom. The van der Waals surface area contributed by atoms with Crippen LogP contribution in [0.4, 0.5) is 23.2 Å². The van der Waals surface area contributed by atoms with Gasteiger partial charge in [-0.25, -0.2) is 12.8 Å². The normalized spacial score (nSPS) is 12.1. The van der Waals surface area contributed by atoms with Gasteiger partial charge in [-0.2, -0.15) is 13.2 Å². The van der Waals surface area contributed by atoms with E-state index in [1.807, 2.05) is 4.72 Å². The van der Waals surface area contributed by atoms with Crippen molar-refractivity contribution >= 4 is 27.3 Å². The van der Waals surface area contributed by atoms with E-state index in [0.717, 1.165) is 30.3 Å². The summed E-state index contributed by atoms with van der Waals surface area (Å²) in [7, 11) is -4.45. The number of aliphatic hydroxyl groups excluding tert-OH is 1. The molecule has 0 bridgehead atoms. The molecule has 0 saturated heterocycles. The van der Waals surface area contributed by atoms with Gasteiger partial charge in [0.2, 0.25) is 0 Å². The fraction of sp³-hybridized carbons (Fsp3) is 0.200. The maximum Gasteiger partial charge on any atom is 0.417 e. The van der Waals surface area contributed by atoms with Crippen molar-refractivity contribution in [1.29, 1.82) is 0 Å². The maximum absolute atomic E-state index is 13.3. The smallest absolute Gasteiger partial charge is 0.417 e. The van der Waals surface area contributed by atoms with E-state index in [4.69, 9.17) is 21.4 Å². The molecule has 0 aliphatic carbocycles. The number of anilines is 1. The van der Waals surface area contributed by atoms with Crippen molar-refractivity contribution in [3.63, 3.8) is 0 Å². The average molecular weight is 414 g/mol. The molecule has 0 heterocycles. The zero-order valence-electron chi connectivity index (χ0n) is 12.8. The van der Waals surface area contributed by atoms with Crippen LogP contribution in [0.3, 0.4) is 0 Å². The first-order valence-electron chi connectivity index (χ1n) is 6.97. The van der Waals surface area contributed by atoms with Gasteiger partial charge in [0, 0.05) is 6.07 Å². The van der Waals surface area contributed by atoms with Crippen molar-refractivity contribution in [3.8, 4) is 5.75 Å². The van der Waals surface area contributed by atoms with Crippen molar-refractivity contribution in [3.05, 3.63) is 52.8 Å². The number of rotatable bonds is 6. The van der Waals surface area contributed by atoms with Gasteiger partial charge < -0.3 is 9.84 Å². The van der Waals surface area contributed by atoms with Crippen LogP contribution in [0.2, 0.25) is 5.02 Å². The molecule has 2 aromatic carbocycles. The quantitative estimate of drug-likeness (QED) is 0.708. The zero-order valence-corrected chi connectivity index (χ0v) is 14.4. The molecular weight excluding hydrogens is 402 g/mol. The summed E-state index contributed by atoms with van der Waals surface area (Å²) in [5.41, 5.74) is -1.51.